The monoisotopic (exact) mass is 527 g/mol. The van der Waals surface area contributed by atoms with Gasteiger partial charge in [0.2, 0.25) is 21.8 Å². The van der Waals surface area contributed by atoms with Crippen LogP contribution in [0.1, 0.15) is 67.7 Å². The van der Waals surface area contributed by atoms with E-state index in [2.05, 4.69) is 5.32 Å². The Bertz CT molecular complexity index is 1210. The Kier molecular flexibility index (Phi) is 9.76. The highest BCUT2D eigenvalue weighted by atomic mass is 32.2. The number of aryl methyl sites for hydroxylation is 3. The molecule has 0 unspecified atom stereocenters. The highest BCUT2D eigenvalue weighted by molar-refractivity contribution is 7.92. The van der Waals surface area contributed by atoms with E-state index in [9.17, 15) is 18.0 Å². The van der Waals surface area contributed by atoms with Gasteiger partial charge in [-0.15, -0.1) is 0 Å². The second-order valence-corrected chi connectivity index (χ2v) is 12.2. The Morgan fingerprint density at radius 3 is 2.30 bits per heavy atom. The first-order chi connectivity index (χ1) is 17.5. The molecule has 37 heavy (non-hydrogen) atoms. The van der Waals surface area contributed by atoms with Crippen LogP contribution in [0.5, 0.6) is 0 Å². The summed E-state index contributed by atoms with van der Waals surface area (Å²) in [7, 11) is -3.75. The standard InChI is InChI=1S/C29H41N3O4S/c1-6-27(29(34)30-25-13-8-7-9-14-25)31(19-24-12-10-11-21(2)17-24)28(33)20-32(37(5,35)36)26-16-15-22(3)23(4)18-26/h10-12,15-18,25,27H,6-9,13-14,19-20H2,1-5H3,(H,30,34)/t27-/m0/s1. The maximum atomic E-state index is 13.9. The molecule has 202 valence electrons. The molecule has 1 fully saturated rings. The number of hydrogen-bond acceptors (Lipinski definition) is 4. The third-order valence-electron chi connectivity index (χ3n) is 7.23. The van der Waals surface area contributed by atoms with Crippen molar-refractivity contribution in [1.29, 1.82) is 0 Å². The van der Waals surface area contributed by atoms with Crippen LogP contribution in [-0.4, -0.2) is 50.0 Å². The van der Waals surface area contributed by atoms with E-state index in [1.165, 1.54) is 6.42 Å². The molecule has 0 radical (unpaired) electrons. The average Bonchev–Trinajstić information content (AvgIpc) is 2.84. The Morgan fingerprint density at radius 2 is 1.70 bits per heavy atom. The molecule has 2 aromatic rings. The highest BCUT2D eigenvalue weighted by Gasteiger charge is 2.32. The number of nitrogens with one attached hydrogen (secondary N) is 1. The van der Waals surface area contributed by atoms with Crippen molar-refractivity contribution in [3.63, 3.8) is 0 Å². The molecule has 1 aliphatic carbocycles. The minimum atomic E-state index is -3.75. The average molecular weight is 528 g/mol. The van der Waals surface area contributed by atoms with Gasteiger partial charge in [0.1, 0.15) is 12.6 Å². The van der Waals surface area contributed by atoms with Crippen molar-refractivity contribution in [3.05, 3.63) is 64.7 Å². The summed E-state index contributed by atoms with van der Waals surface area (Å²) in [5.74, 6) is -0.580. The zero-order valence-corrected chi connectivity index (χ0v) is 23.6. The predicted molar refractivity (Wildman–Crippen MR) is 149 cm³/mol. The fourth-order valence-corrected chi connectivity index (χ4v) is 5.81. The molecule has 2 aromatic carbocycles. The maximum absolute atomic E-state index is 13.9. The van der Waals surface area contributed by atoms with Gasteiger partial charge in [0.15, 0.2) is 0 Å². The number of carbonyl (C=O) groups is 2. The number of anilines is 1. The van der Waals surface area contributed by atoms with Crippen LogP contribution in [0, 0.1) is 20.8 Å². The van der Waals surface area contributed by atoms with Crippen LogP contribution in [0.25, 0.3) is 0 Å². The van der Waals surface area contributed by atoms with E-state index in [1.54, 1.807) is 17.0 Å². The molecule has 7 nitrogen and oxygen atoms in total. The van der Waals surface area contributed by atoms with Crippen molar-refractivity contribution < 1.29 is 18.0 Å². The van der Waals surface area contributed by atoms with Crippen molar-refractivity contribution >= 4 is 27.5 Å². The topological polar surface area (TPSA) is 86.8 Å². The van der Waals surface area contributed by atoms with E-state index < -0.39 is 22.0 Å². The normalized spacial score (nSPS) is 15.2. The number of nitrogens with zero attached hydrogens (tertiary/aromatic N) is 2. The van der Waals surface area contributed by atoms with Crippen LogP contribution in [0.15, 0.2) is 42.5 Å². The van der Waals surface area contributed by atoms with E-state index in [0.717, 1.165) is 58.5 Å². The fraction of sp³-hybridized carbons (Fsp3) is 0.517. The summed E-state index contributed by atoms with van der Waals surface area (Å²) in [6, 6.07) is 12.6. The van der Waals surface area contributed by atoms with E-state index in [1.807, 2.05) is 58.0 Å². The Morgan fingerprint density at radius 1 is 1.00 bits per heavy atom. The predicted octanol–water partition coefficient (Wildman–Crippen LogP) is 4.63. The molecule has 0 saturated heterocycles. The van der Waals surface area contributed by atoms with Gasteiger partial charge in [0.05, 0.1) is 11.9 Å². The van der Waals surface area contributed by atoms with E-state index in [0.29, 0.717) is 12.1 Å². The molecule has 0 aromatic heterocycles. The van der Waals surface area contributed by atoms with Crippen LogP contribution < -0.4 is 9.62 Å². The molecule has 0 bridgehead atoms. The zero-order valence-electron chi connectivity index (χ0n) is 22.8. The first-order valence-electron chi connectivity index (χ1n) is 13.2. The van der Waals surface area contributed by atoms with Crippen LogP contribution >= 0.6 is 0 Å². The Labute approximate surface area is 222 Å². The number of benzene rings is 2. The van der Waals surface area contributed by atoms with Gasteiger partial charge in [-0.05, 0) is 68.9 Å². The van der Waals surface area contributed by atoms with Gasteiger partial charge in [0.25, 0.3) is 0 Å². The molecule has 0 aliphatic heterocycles. The van der Waals surface area contributed by atoms with Gasteiger partial charge < -0.3 is 10.2 Å². The van der Waals surface area contributed by atoms with Gasteiger partial charge in [0, 0.05) is 12.6 Å². The SMILES string of the molecule is CC[C@@H](C(=O)NC1CCCCC1)N(Cc1cccc(C)c1)C(=O)CN(c1ccc(C)c(C)c1)S(C)(=O)=O. The summed E-state index contributed by atoms with van der Waals surface area (Å²) in [6.45, 7) is 7.58. The Balaban J connectivity index is 1.93. The molecular formula is C29H41N3O4S. The van der Waals surface area contributed by atoms with Crippen molar-refractivity contribution in [2.45, 2.75) is 84.8 Å². The van der Waals surface area contributed by atoms with Crippen molar-refractivity contribution in [2.75, 3.05) is 17.1 Å². The first-order valence-corrected chi connectivity index (χ1v) is 15.0. The second-order valence-electron chi connectivity index (χ2n) is 10.3. The lowest BCUT2D eigenvalue weighted by molar-refractivity contribution is -0.140. The third-order valence-corrected chi connectivity index (χ3v) is 8.37. The minimum Gasteiger partial charge on any atom is -0.352 e. The van der Waals surface area contributed by atoms with Crippen LogP contribution in [0.3, 0.4) is 0 Å². The Hall–Kier alpha value is -2.87. The third kappa shape index (κ3) is 7.81. The molecule has 2 amide bonds. The quantitative estimate of drug-likeness (QED) is 0.488. The lowest BCUT2D eigenvalue weighted by Gasteiger charge is -2.34. The summed E-state index contributed by atoms with van der Waals surface area (Å²) in [5, 5.41) is 3.17. The lowest BCUT2D eigenvalue weighted by atomic mass is 9.95. The molecule has 1 atom stereocenters. The molecule has 0 spiro atoms. The van der Waals surface area contributed by atoms with Gasteiger partial charge in [-0.3, -0.25) is 13.9 Å². The van der Waals surface area contributed by atoms with Gasteiger partial charge in [-0.25, -0.2) is 8.42 Å². The number of amides is 2. The molecule has 1 N–H and O–H groups in total. The van der Waals surface area contributed by atoms with Gasteiger partial charge in [-0.2, -0.15) is 0 Å². The van der Waals surface area contributed by atoms with Gasteiger partial charge >= 0.3 is 0 Å². The number of sulfonamides is 1. The summed E-state index contributed by atoms with van der Waals surface area (Å²) < 4.78 is 26.7. The minimum absolute atomic E-state index is 0.120. The van der Waals surface area contributed by atoms with Crippen LogP contribution in [0.2, 0.25) is 0 Å². The summed E-state index contributed by atoms with van der Waals surface area (Å²) in [5.41, 5.74) is 4.37. The maximum Gasteiger partial charge on any atom is 0.244 e. The highest BCUT2D eigenvalue weighted by Crippen LogP contribution is 2.23. The summed E-state index contributed by atoms with van der Waals surface area (Å²) >= 11 is 0. The molecule has 0 heterocycles. The zero-order chi connectivity index (χ0) is 27.2. The number of carbonyl (C=O) groups excluding carboxylic acids is 2. The van der Waals surface area contributed by atoms with Crippen LogP contribution in [-0.2, 0) is 26.2 Å². The summed E-state index contributed by atoms with van der Waals surface area (Å²) in [6.07, 6.45) is 6.79. The smallest absolute Gasteiger partial charge is 0.244 e. The second kappa shape index (κ2) is 12.6. The van der Waals surface area contributed by atoms with E-state index in [4.69, 9.17) is 0 Å². The number of rotatable bonds is 10. The van der Waals surface area contributed by atoms with Crippen molar-refractivity contribution in [2.24, 2.45) is 0 Å². The molecular weight excluding hydrogens is 486 g/mol. The number of hydrogen-bond donors (Lipinski definition) is 1. The molecule has 8 heteroatoms. The molecule has 1 saturated carbocycles. The fourth-order valence-electron chi connectivity index (χ4n) is 4.97. The molecule has 3 rings (SSSR count). The van der Waals surface area contributed by atoms with Crippen LogP contribution in [0.4, 0.5) is 5.69 Å². The van der Waals surface area contributed by atoms with E-state index >= 15 is 0 Å². The van der Waals surface area contributed by atoms with Gasteiger partial charge in [-0.1, -0.05) is 62.1 Å². The van der Waals surface area contributed by atoms with Crippen molar-refractivity contribution in [3.8, 4) is 0 Å². The first kappa shape index (κ1) is 28.7. The molecule has 1 aliphatic rings. The lowest BCUT2D eigenvalue weighted by Crippen LogP contribution is -2.53. The summed E-state index contributed by atoms with van der Waals surface area (Å²) in [4.78, 5) is 28.8. The van der Waals surface area contributed by atoms with E-state index in [-0.39, 0.29) is 25.0 Å². The van der Waals surface area contributed by atoms with Crippen molar-refractivity contribution in [1.82, 2.24) is 10.2 Å². The largest absolute Gasteiger partial charge is 0.352 e.